The Bertz CT molecular complexity index is 598. The molecule has 2 nitrogen and oxygen atoms in total. The van der Waals surface area contributed by atoms with Crippen LogP contribution in [0.25, 0.3) is 0 Å². The van der Waals surface area contributed by atoms with Gasteiger partial charge in [-0.1, -0.05) is 39.7 Å². The zero-order valence-corrected chi connectivity index (χ0v) is 13.9. The lowest BCUT2D eigenvalue weighted by atomic mass is 9.96. The first-order chi connectivity index (χ1) is 9.56. The first kappa shape index (κ1) is 15.5. The van der Waals surface area contributed by atoms with Gasteiger partial charge in [0.05, 0.1) is 16.4 Å². The summed E-state index contributed by atoms with van der Waals surface area (Å²) in [5.74, 6) is -0.0377. The zero-order valence-electron chi connectivity index (χ0n) is 11.5. The molecule has 0 amide bonds. The van der Waals surface area contributed by atoms with Crippen molar-refractivity contribution in [2.24, 2.45) is 0 Å². The topological polar surface area (TPSA) is 17.8 Å². The summed E-state index contributed by atoms with van der Waals surface area (Å²) in [6, 6.07) is 6.73. The molecule has 0 aliphatic rings. The number of hydrogen-bond donors (Lipinski definition) is 0. The highest BCUT2D eigenvalue weighted by atomic mass is 79.9. The van der Waals surface area contributed by atoms with Crippen LogP contribution in [-0.4, -0.2) is 15.1 Å². The van der Waals surface area contributed by atoms with Gasteiger partial charge in [0.2, 0.25) is 0 Å². The van der Waals surface area contributed by atoms with Crippen molar-refractivity contribution in [3.8, 4) is 0 Å². The van der Waals surface area contributed by atoms with E-state index in [1.165, 1.54) is 6.07 Å². The van der Waals surface area contributed by atoms with Gasteiger partial charge in [-0.05, 0) is 43.9 Å². The highest BCUT2D eigenvalue weighted by Gasteiger charge is 2.19. The van der Waals surface area contributed by atoms with Gasteiger partial charge >= 0.3 is 0 Å². The average molecular weight is 360 g/mol. The molecule has 1 unspecified atom stereocenters. The molecule has 0 N–H and O–H groups in total. The first-order valence-electron chi connectivity index (χ1n) is 6.60. The molecule has 0 saturated heterocycles. The van der Waals surface area contributed by atoms with Crippen molar-refractivity contribution in [1.82, 2.24) is 9.78 Å². The van der Waals surface area contributed by atoms with Crippen LogP contribution in [0.1, 0.15) is 29.8 Å². The van der Waals surface area contributed by atoms with Crippen LogP contribution in [0.5, 0.6) is 0 Å². The smallest absolute Gasteiger partial charge is 0.123 e. The van der Waals surface area contributed by atoms with Gasteiger partial charge in [-0.25, -0.2) is 4.39 Å². The van der Waals surface area contributed by atoms with E-state index in [-0.39, 0.29) is 11.7 Å². The largest absolute Gasteiger partial charge is 0.268 e. The van der Waals surface area contributed by atoms with Gasteiger partial charge in [0.1, 0.15) is 5.82 Å². The number of nitrogens with zero attached hydrogens (tertiary/aromatic N) is 2. The van der Waals surface area contributed by atoms with E-state index in [1.807, 2.05) is 24.6 Å². The maximum absolute atomic E-state index is 13.4. The number of aromatic nitrogens is 2. The fraction of sp³-hybridized carbons (Fsp3) is 0.400. The molecule has 2 aromatic rings. The summed E-state index contributed by atoms with van der Waals surface area (Å²) in [6.07, 6.45) is 0.738. The number of hydrogen-bond acceptors (Lipinski definition) is 1. The third-order valence-corrected chi connectivity index (χ3v) is 4.67. The summed E-state index contributed by atoms with van der Waals surface area (Å²) >= 11 is 9.86. The van der Waals surface area contributed by atoms with Crippen LogP contribution in [-0.2, 0) is 13.0 Å². The van der Waals surface area contributed by atoms with Gasteiger partial charge in [0, 0.05) is 11.9 Å². The third-order valence-electron chi connectivity index (χ3n) is 3.40. The summed E-state index contributed by atoms with van der Waals surface area (Å²) in [7, 11) is 0. The Labute approximate surface area is 132 Å². The van der Waals surface area contributed by atoms with Gasteiger partial charge in [-0.2, -0.15) is 5.10 Å². The van der Waals surface area contributed by atoms with Crippen molar-refractivity contribution in [2.75, 3.05) is 5.33 Å². The van der Waals surface area contributed by atoms with Gasteiger partial charge in [0.15, 0.2) is 0 Å². The maximum Gasteiger partial charge on any atom is 0.123 e. The summed E-state index contributed by atoms with van der Waals surface area (Å²) in [5.41, 5.74) is 2.83. The van der Waals surface area contributed by atoms with E-state index in [0.717, 1.165) is 35.2 Å². The normalized spacial score (nSPS) is 12.7. The second kappa shape index (κ2) is 6.72. The second-order valence-corrected chi connectivity index (χ2v) is 5.80. The molecule has 0 spiro atoms. The molecule has 0 bridgehead atoms. The third kappa shape index (κ3) is 3.23. The molecular weight excluding hydrogens is 343 g/mol. The monoisotopic (exact) mass is 358 g/mol. The zero-order chi connectivity index (χ0) is 14.7. The van der Waals surface area contributed by atoms with Crippen molar-refractivity contribution in [3.63, 3.8) is 0 Å². The molecule has 1 aromatic carbocycles. The molecule has 1 atom stereocenters. The predicted molar refractivity (Wildman–Crippen MR) is 84.3 cm³/mol. The molecule has 1 heterocycles. The number of aryl methyl sites for hydroxylation is 2. The Morgan fingerprint density at radius 2 is 2.20 bits per heavy atom. The van der Waals surface area contributed by atoms with E-state index < -0.39 is 0 Å². The average Bonchev–Trinajstić information content (AvgIpc) is 2.71. The SMILES string of the molecule is CCn1nc(C)c(Cl)c1CC(CBr)c1cccc(F)c1. The minimum Gasteiger partial charge on any atom is -0.268 e. The Hall–Kier alpha value is -0.870. The molecule has 108 valence electrons. The predicted octanol–water partition coefficient (Wildman–Crippen LogP) is 4.73. The van der Waals surface area contributed by atoms with Crippen molar-refractivity contribution in [1.29, 1.82) is 0 Å². The highest BCUT2D eigenvalue weighted by molar-refractivity contribution is 9.09. The standard InChI is InChI=1S/C15H17BrClFN2/c1-3-20-14(15(17)10(2)19-20)8-12(9-16)11-5-4-6-13(18)7-11/h4-7,12H,3,8-9H2,1-2H3. The van der Waals surface area contributed by atoms with Gasteiger partial charge in [-0.15, -0.1) is 0 Å². The number of benzene rings is 1. The van der Waals surface area contributed by atoms with Crippen LogP contribution in [0.15, 0.2) is 24.3 Å². The molecule has 2 rings (SSSR count). The molecule has 5 heteroatoms. The fourth-order valence-corrected chi connectivity index (χ4v) is 3.13. The minimum absolute atomic E-state index is 0.171. The van der Waals surface area contributed by atoms with E-state index in [9.17, 15) is 4.39 Å². The lowest BCUT2D eigenvalue weighted by Gasteiger charge is -2.16. The molecule has 0 saturated carbocycles. The van der Waals surface area contributed by atoms with E-state index in [1.54, 1.807) is 12.1 Å². The van der Waals surface area contributed by atoms with Crippen LogP contribution in [0, 0.1) is 12.7 Å². The summed E-state index contributed by atoms with van der Waals surface area (Å²) in [5, 5.41) is 5.89. The van der Waals surface area contributed by atoms with Crippen molar-refractivity contribution < 1.29 is 4.39 Å². The van der Waals surface area contributed by atoms with Gasteiger partial charge in [0.25, 0.3) is 0 Å². The first-order valence-corrected chi connectivity index (χ1v) is 8.10. The van der Waals surface area contributed by atoms with Crippen LogP contribution in [0.3, 0.4) is 0 Å². The van der Waals surface area contributed by atoms with Crippen LogP contribution < -0.4 is 0 Å². The Morgan fingerprint density at radius 3 is 2.80 bits per heavy atom. The molecule has 0 aliphatic heterocycles. The fourth-order valence-electron chi connectivity index (χ4n) is 2.32. The minimum atomic E-state index is -0.209. The quantitative estimate of drug-likeness (QED) is 0.706. The molecule has 0 aliphatic carbocycles. The Balaban J connectivity index is 2.31. The van der Waals surface area contributed by atoms with E-state index in [0.29, 0.717) is 5.02 Å². The van der Waals surface area contributed by atoms with Crippen molar-refractivity contribution in [2.45, 2.75) is 32.7 Å². The van der Waals surface area contributed by atoms with E-state index in [2.05, 4.69) is 21.0 Å². The van der Waals surface area contributed by atoms with Crippen molar-refractivity contribution in [3.05, 3.63) is 52.1 Å². The van der Waals surface area contributed by atoms with E-state index >= 15 is 0 Å². The van der Waals surface area contributed by atoms with Crippen molar-refractivity contribution >= 4 is 27.5 Å². The number of alkyl halides is 1. The number of rotatable bonds is 5. The molecule has 0 fully saturated rings. The lowest BCUT2D eigenvalue weighted by molar-refractivity contribution is 0.592. The Morgan fingerprint density at radius 1 is 1.45 bits per heavy atom. The Kier molecular flexibility index (Phi) is 5.22. The van der Waals surface area contributed by atoms with Crippen LogP contribution in [0.2, 0.25) is 5.02 Å². The summed E-state index contributed by atoms with van der Waals surface area (Å²) in [4.78, 5) is 0. The lowest BCUT2D eigenvalue weighted by Crippen LogP contribution is -2.10. The number of halogens is 3. The van der Waals surface area contributed by atoms with Gasteiger partial charge < -0.3 is 0 Å². The van der Waals surface area contributed by atoms with Crippen LogP contribution in [0.4, 0.5) is 4.39 Å². The van der Waals surface area contributed by atoms with Gasteiger partial charge in [-0.3, -0.25) is 4.68 Å². The maximum atomic E-state index is 13.4. The summed E-state index contributed by atoms with van der Waals surface area (Å²) in [6.45, 7) is 4.72. The molecule has 20 heavy (non-hydrogen) atoms. The van der Waals surface area contributed by atoms with Crippen LogP contribution >= 0.6 is 27.5 Å². The molecule has 1 aromatic heterocycles. The molecular formula is C15H17BrClFN2. The molecule has 0 radical (unpaired) electrons. The summed E-state index contributed by atoms with van der Waals surface area (Å²) < 4.78 is 15.3. The highest BCUT2D eigenvalue weighted by Crippen LogP contribution is 2.29. The van der Waals surface area contributed by atoms with E-state index in [4.69, 9.17) is 11.6 Å². The second-order valence-electron chi connectivity index (χ2n) is 4.77.